The lowest BCUT2D eigenvalue weighted by molar-refractivity contribution is 0.100. The molecule has 1 amide bonds. The molecule has 4 N–H and O–H groups in total. The van der Waals surface area contributed by atoms with E-state index in [1.807, 2.05) is 19.1 Å². The largest absolute Gasteiger partial charge is 0.391 e. The lowest BCUT2D eigenvalue weighted by atomic mass is 10.1. The van der Waals surface area contributed by atoms with E-state index in [1.54, 1.807) is 12.1 Å². The fourth-order valence-electron chi connectivity index (χ4n) is 2.30. The number of guanidine groups is 1. The van der Waals surface area contributed by atoms with E-state index in [9.17, 15) is 9.90 Å². The van der Waals surface area contributed by atoms with Gasteiger partial charge >= 0.3 is 0 Å². The molecule has 0 saturated carbocycles. The van der Waals surface area contributed by atoms with E-state index in [0.717, 1.165) is 31.0 Å². The molecule has 1 heterocycles. The summed E-state index contributed by atoms with van der Waals surface area (Å²) in [6.07, 6.45) is 0.501. The quantitative estimate of drug-likeness (QED) is 0.550. The van der Waals surface area contributed by atoms with E-state index < -0.39 is 5.91 Å². The van der Waals surface area contributed by atoms with Gasteiger partial charge in [-0.3, -0.25) is 4.79 Å². The molecule has 6 nitrogen and oxygen atoms in total. The van der Waals surface area contributed by atoms with Crippen molar-refractivity contribution in [2.45, 2.75) is 26.0 Å². The van der Waals surface area contributed by atoms with Crippen LogP contribution in [0.1, 0.15) is 29.3 Å². The summed E-state index contributed by atoms with van der Waals surface area (Å²) in [7, 11) is 0. The van der Waals surface area contributed by atoms with E-state index in [4.69, 9.17) is 5.73 Å². The number of nitrogens with two attached hydrogens (primary N) is 1. The maximum absolute atomic E-state index is 11.0. The highest BCUT2D eigenvalue weighted by molar-refractivity contribution is 5.92. The topological polar surface area (TPSA) is 90.9 Å². The molecule has 1 aromatic rings. The standard InChI is InChI=1S/C15H22N4O2/c1-2-17-15(19-8-7-13(20)10-19)18-9-11-3-5-12(6-4-11)14(16)21/h3-6,13,20H,2,7-10H2,1H3,(H2,16,21)(H,17,18)/t13-/m1/s1. The Kier molecular flexibility index (Phi) is 5.16. The summed E-state index contributed by atoms with van der Waals surface area (Å²) in [5, 5.41) is 12.9. The zero-order valence-corrected chi connectivity index (χ0v) is 12.2. The zero-order chi connectivity index (χ0) is 15.2. The number of hydrogen-bond acceptors (Lipinski definition) is 3. The Bertz CT molecular complexity index is 513. The molecule has 2 rings (SSSR count). The number of aliphatic hydroxyl groups is 1. The van der Waals surface area contributed by atoms with Crippen molar-refractivity contribution in [1.82, 2.24) is 10.2 Å². The van der Waals surface area contributed by atoms with Gasteiger partial charge in [-0.2, -0.15) is 0 Å². The number of rotatable bonds is 4. The number of likely N-dealkylation sites (tertiary alicyclic amines) is 1. The molecule has 1 aliphatic rings. The third-order valence-corrected chi connectivity index (χ3v) is 3.45. The van der Waals surface area contributed by atoms with Gasteiger partial charge in [-0.05, 0) is 31.0 Å². The Hall–Kier alpha value is -2.08. The second-order valence-corrected chi connectivity index (χ2v) is 5.12. The maximum Gasteiger partial charge on any atom is 0.248 e. The van der Waals surface area contributed by atoms with Gasteiger partial charge in [0.25, 0.3) is 0 Å². The van der Waals surface area contributed by atoms with E-state index >= 15 is 0 Å². The monoisotopic (exact) mass is 290 g/mol. The first-order valence-corrected chi connectivity index (χ1v) is 7.20. The number of primary amides is 1. The summed E-state index contributed by atoms with van der Waals surface area (Å²) in [4.78, 5) is 17.7. The highest BCUT2D eigenvalue weighted by Gasteiger charge is 2.22. The van der Waals surface area contributed by atoms with Crippen molar-refractivity contribution < 1.29 is 9.90 Å². The van der Waals surface area contributed by atoms with Crippen molar-refractivity contribution in [2.24, 2.45) is 10.7 Å². The minimum Gasteiger partial charge on any atom is -0.391 e. The van der Waals surface area contributed by atoms with E-state index in [1.165, 1.54) is 0 Å². The molecule has 0 radical (unpaired) electrons. The minimum absolute atomic E-state index is 0.274. The number of nitrogens with one attached hydrogen (secondary N) is 1. The van der Waals surface area contributed by atoms with Crippen LogP contribution < -0.4 is 11.1 Å². The molecule has 0 spiro atoms. The number of aliphatic hydroxyl groups excluding tert-OH is 1. The van der Waals surface area contributed by atoms with Crippen molar-refractivity contribution in [3.63, 3.8) is 0 Å². The molecule has 0 aliphatic carbocycles. The van der Waals surface area contributed by atoms with Gasteiger partial charge < -0.3 is 21.1 Å². The molecule has 1 saturated heterocycles. The number of hydrogen-bond donors (Lipinski definition) is 3. The molecule has 114 valence electrons. The Morgan fingerprint density at radius 2 is 2.19 bits per heavy atom. The Balaban J connectivity index is 2.03. The summed E-state index contributed by atoms with van der Waals surface area (Å²) < 4.78 is 0. The van der Waals surface area contributed by atoms with E-state index in [-0.39, 0.29) is 6.10 Å². The van der Waals surface area contributed by atoms with Gasteiger partial charge in [0.1, 0.15) is 0 Å². The highest BCUT2D eigenvalue weighted by atomic mass is 16.3. The predicted octanol–water partition coefficient (Wildman–Crippen LogP) is 0.318. The first-order valence-electron chi connectivity index (χ1n) is 7.20. The molecule has 21 heavy (non-hydrogen) atoms. The first kappa shape index (κ1) is 15.3. The second kappa shape index (κ2) is 7.08. The smallest absolute Gasteiger partial charge is 0.248 e. The van der Waals surface area contributed by atoms with Crippen molar-refractivity contribution in [1.29, 1.82) is 0 Å². The van der Waals surface area contributed by atoms with Crippen LogP contribution in [0.4, 0.5) is 0 Å². The highest BCUT2D eigenvalue weighted by Crippen LogP contribution is 2.10. The first-order chi connectivity index (χ1) is 10.1. The van der Waals surface area contributed by atoms with Crippen molar-refractivity contribution in [3.8, 4) is 0 Å². The number of aliphatic imine (C=N–C) groups is 1. The summed E-state index contributed by atoms with van der Waals surface area (Å²) in [5.41, 5.74) is 6.72. The third-order valence-electron chi connectivity index (χ3n) is 3.45. The molecule has 1 aromatic carbocycles. The normalized spacial score (nSPS) is 18.9. The van der Waals surface area contributed by atoms with Crippen LogP contribution in [0.3, 0.4) is 0 Å². The van der Waals surface area contributed by atoms with E-state index in [0.29, 0.717) is 18.7 Å². The maximum atomic E-state index is 11.0. The number of β-amino-alcohol motifs (C(OH)–C–C–N with tert-alkyl or cyclic N) is 1. The van der Waals surface area contributed by atoms with Gasteiger partial charge in [0.2, 0.25) is 5.91 Å². The van der Waals surface area contributed by atoms with Gasteiger partial charge in [-0.15, -0.1) is 0 Å². The predicted molar refractivity (Wildman–Crippen MR) is 82.0 cm³/mol. The summed E-state index contributed by atoms with van der Waals surface area (Å²) >= 11 is 0. The molecule has 1 fully saturated rings. The molecule has 0 bridgehead atoms. The van der Waals surface area contributed by atoms with Gasteiger partial charge in [-0.1, -0.05) is 12.1 Å². The van der Waals surface area contributed by atoms with Crippen LogP contribution in [-0.2, 0) is 6.54 Å². The summed E-state index contributed by atoms with van der Waals surface area (Å²) in [6.45, 7) is 4.75. The van der Waals surface area contributed by atoms with Gasteiger partial charge in [0.05, 0.1) is 12.6 Å². The number of benzene rings is 1. The Labute approximate surface area is 124 Å². The fraction of sp³-hybridized carbons (Fsp3) is 0.467. The van der Waals surface area contributed by atoms with Crippen molar-refractivity contribution in [2.75, 3.05) is 19.6 Å². The minimum atomic E-state index is -0.426. The summed E-state index contributed by atoms with van der Waals surface area (Å²) in [5.74, 6) is 0.387. The van der Waals surface area contributed by atoms with Crippen LogP contribution in [-0.4, -0.2) is 47.6 Å². The van der Waals surface area contributed by atoms with E-state index in [2.05, 4.69) is 15.2 Å². The SMILES string of the molecule is CCNC(=NCc1ccc(C(N)=O)cc1)N1CC[C@@H](O)C1. The fourth-order valence-corrected chi connectivity index (χ4v) is 2.30. The molecular weight excluding hydrogens is 268 g/mol. The van der Waals surface area contributed by atoms with Gasteiger partial charge in [-0.25, -0.2) is 4.99 Å². The van der Waals surface area contributed by atoms with Crippen LogP contribution >= 0.6 is 0 Å². The van der Waals surface area contributed by atoms with Crippen LogP contribution in [0.5, 0.6) is 0 Å². The van der Waals surface area contributed by atoms with Crippen molar-refractivity contribution in [3.05, 3.63) is 35.4 Å². The number of carbonyl (C=O) groups excluding carboxylic acids is 1. The van der Waals surface area contributed by atoms with Crippen LogP contribution in [0.15, 0.2) is 29.3 Å². The molecule has 6 heteroatoms. The average Bonchev–Trinajstić information content (AvgIpc) is 2.90. The number of amides is 1. The third kappa shape index (κ3) is 4.19. The summed E-state index contributed by atoms with van der Waals surface area (Å²) in [6, 6.07) is 7.12. The number of carbonyl (C=O) groups is 1. The molecular formula is C15H22N4O2. The Morgan fingerprint density at radius 3 is 2.71 bits per heavy atom. The Morgan fingerprint density at radius 1 is 1.48 bits per heavy atom. The average molecular weight is 290 g/mol. The molecule has 0 unspecified atom stereocenters. The van der Waals surface area contributed by atoms with Gasteiger partial charge in [0, 0.05) is 25.2 Å². The molecule has 0 aromatic heterocycles. The van der Waals surface area contributed by atoms with Crippen LogP contribution in [0, 0.1) is 0 Å². The van der Waals surface area contributed by atoms with Crippen LogP contribution in [0.25, 0.3) is 0 Å². The lowest BCUT2D eigenvalue weighted by Gasteiger charge is -2.20. The van der Waals surface area contributed by atoms with Gasteiger partial charge in [0.15, 0.2) is 5.96 Å². The molecule has 1 atom stereocenters. The van der Waals surface area contributed by atoms with Crippen LogP contribution in [0.2, 0.25) is 0 Å². The molecule has 1 aliphatic heterocycles. The number of nitrogens with zero attached hydrogens (tertiary/aromatic N) is 2. The zero-order valence-electron chi connectivity index (χ0n) is 12.2. The van der Waals surface area contributed by atoms with Crippen molar-refractivity contribution >= 4 is 11.9 Å². The second-order valence-electron chi connectivity index (χ2n) is 5.12. The lowest BCUT2D eigenvalue weighted by Crippen LogP contribution is -2.40.